The third-order valence-corrected chi connectivity index (χ3v) is 4.59. The van der Waals surface area contributed by atoms with Crippen molar-refractivity contribution >= 4 is 17.7 Å². The summed E-state index contributed by atoms with van der Waals surface area (Å²) >= 11 is 1.33. The normalized spacial score (nSPS) is 25.3. The molecule has 0 aromatic carbocycles. The molecule has 1 aromatic heterocycles. The van der Waals surface area contributed by atoms with Crippen molar-refractivity contribution in [1.29, 1.82) is 0 Å². The molecule has 98 valence electrons. The van der Waals surface area contributed by atoms with Gasteiger partial charge in [0, 0.05) is 12.3 Å². The fourth-order valence-corrected chi connectivity index (χ4v) is 3.33. The van der Waals surface area contributed by atoms with Gasteiger partial charge in [-0.1, -0.05) is 19.3 Å². The number of hydrogen-bond acceptors (Lipinski definition) is 6. The predicted octanol–water partition coefficient (Wildman–Crippen LogP) is 2.52. The molecule has 5 nitrogen and oxygen atoms in total. The SMILES string of the molecule is O=C1OCC[C@@H]1Sc1nnc(C2CCCCC2)o1. The number of esters is 1. The van der Waals surface area contributed by atoms with Gasteiger partial charge in [-0.2, -0.15) is 0 Å². The van der Waals surface area contributed by atoms with E-state index in [1.54, 1.807) is 0 Å². The predicted molar refractivity (Wildman–Crippen MR) is 65.3 cm³/mol. The van der Waals surface area contributed by atoms with Gasteiger partial charge in [0.1, 0.15) is 5.25 Å². The van der Waals surface area contributed by atoms with Gasteiger partial charge in [0.2, 0.25) is 5.89 Å². The van der Waals surface area contributed by atoms with Crippen LogP contribution < -0.4 is 0 Å². The third kappa shape index (κ3) is 2.53. The van der Waals surface area contributed by atoms with Crippen LogP contribution in [-0.2, 0) is 9.53 Å². The molecule has 0 spiro atoms. The van der Waals surface area contributed by atoms with Gasteiger partial charge >= 0.3 is 5.97 Å². The molecule has 0 unspecified atom stereocenters. The van der Waals surface area contributed by atoms with Crippen LogP contribution in [0.5, 0.6) is 0 Å². The van der Waals surface area contributed by atoms with Gasteiger partial charge in [-0.25, -0.2) is 0 Å². The van der Waals surface area contributed by atoms with Crippen molar-refractivity contribution in [2.24, 2.45) is 0 Å². The van der Waals surface area contributed by atoms with Gasteiger partial charge in [0.25, 0.3) is 5.22 Å². The summed E-state index contributed by atoms with van der Waals surface area (Å²) < 4.78 is 10.6. The molecule has 1 aliphatic carbocycles. The number of hydrogen-bond donors (Lipinski definition) is 0. The van der Waals surface area contributed by atoms with Gasteiger partial charge in [-0.05, 0) is 24.6 Å². The molecule has 1 atom stereocenters. The Kier molecular flexibility index (Phi) is 3.54. The van der Waals surface area contributed by atoms with E-state index >= 15 is 0 Å². The van der Waals surface area contributed by atoms with E-state index in [4.69, 9.17) is 9.15 Å². The Morgan fingerprint density at radius 2 is 1.94 bits per heavy atom. The fourth-order valence-electron chi connectivity index (χ4n) is 2.49. The minimum atomic E-state index is -0.176. The van der Waals surface area contributed by atoms with Crippen molar-refractivity contribution < 1.29 is 13.9 Å². The smallest absolute Gasteiger partial charge is 0.319 e. The Labute approximate surface area is 110 Å². The van der Waals surface area contributed by atoms with Crippen LogP contribution in [0, 0.1) is 0 Å². The number of nitrogens with zero attached hydrogens (tertiary/aromatic N) is 2. The summed E-state index contributed by atoms with van der Waals surface area (Å²) in [5, 5.41) is 8.47. The van der Waals surface area contributed by atoms with E-state index in [0.29, 0.717) is 17.7 Å². The second-order valence-electron chi connectivity index (χ2n) is 4.80. The molecule has 0 N–H and O–H groups in total. The summed E-state index contributed by atoms with van der Waals surface area (Å²) in [4.78, 5) is 11.4. The second kappa shape index (κ2) is 5.30. The topological polar surface area (TPSA) is 65.2 Å². The minimum absolute atomic E-state index is 0.169. The molecular weight excluding hydrogens is 252 g/mol. The van der Waals surface area contributed by atoms with Crippen LogP contribution in [-0.4, -0.2) is 28.0 Å². The monoisotopic (exact) mass is 268 g/mol. The first-order valence-corrected chi connectivity index (χ1v) is 7.37. The molecule has 0 radical (unpaired) electrons. The van der Waals surface area contributed by atoms with Gasteiger partial charge in [0.05, 0.1) is 6.61 Å². The van der Waals surface area contributed by atoms with Crippen LogP contribution in [0.4, 0.5) is 0 Å². The molecule has 6 heteroatoms. The zero-order chi connectivity index (χ0) is 12.4. The summed E-state index contributed by atoms with van der Waals surface area (Å²) in [5.74, 6) is 0.983. The molecular formula is C12H16N2O3S. The van der Waals surface area contributed by atoms with Crippen LogP contribution in [0.15, 0.2) is 9.64 Å². The van der Waals surface area contributed by atoms with Crippen molar-refractivity contribution in [1.82, 2.24) is 10.2 Å². The van der Waals surface area contributed by atoms with Gasteiger partial charge in [-0.3, -0.25) is 4.79 Å². The number of cyclic esters (lactones) is 1. The van der Waals surface area contributed by atoms with Crippen LogP contribution in [0.2, 0.25) is 0 Å². The first kappa shape index (κ1) is 12.0. The zero-order valence-corrected chi connectivity index (χ0v) is 10.9. The summed E-state index contributed by atoms with van der Waals surface area (Å²) in [6.45, 7) is 0.500. The van der Waals surface area contributed by atoms with E-state index in [2.05, 4.69) is 10.2 Å². The molecule has 1 saturated carbocycles. The van der Waals surface area contributed by atoms with Gasteiger partial charge in [0.15, 0.2) is 0 Å². The number of carbonyl (C=O) groups excluding carboxylic acids is 1. The van der Waals surface area contributed by atoms with Gasteiger partial charge < -0.3 is 9.15 Å². The molecule has 3 rings (SSSR count). The van der Waals surface area contributed by atoms with E-state index in [1.165, 1.54) is 31.0 Å². The Hall–Kier alpha value is -1.04. The number of aromatic nitrogens is 2. The minimum Gasteiger partial charge on any atom is -0.465 e. The van der Waals surface area contributed by atoms with Crippen molar-refractivity contribution in [3.05, 3.63) is 5.89 Å². The van der Waals surface area contributed by atoms with E-state index in [1.807, 2.05) is 0 Å². The molecule has 1 aromatic rings. The Bertz CT molecular complexity index is 429. The Balaban J connectivity index is 1.63. The molecule has 2 aliphatic rings. The average molecular weight is 268 g/mol. The largest absolute Gasteiger partial charge is 0.465 e. The first-order valence-electron chi connectivity index (χ1n) is 6.49. The number of ether oxygens (including phenoxy) is 1. The quantitative estimate of drug-likeness (QED) is 0.785. The third-order valence-electron chi connectivity index (χ3n) is 3.51. The maximum Gasteiger partial charge on any atom is 0.319 e. The molecule has 1 aliphatic heterocycles. The number of thioether (sulfide) groups is 1. The standard InChI is InChI=1S/C12H16N2O3S/c15-11-9(6-7-16-11)18-12-14-13-10(17-12)8-4-2-1-3-5-8/h8-9H,1-7H2/t9-/m0/s1. The highest BCUT2D eigenvalue weighted by molar-refractivity contribution is 8.00. The number of rotatable bonds is 3. The van der Waals surface area contributed by atoms with Crippen LogP contribution >= 0.6 is 11.8 Å². The average Bonchev–Trinajstić information content (AvgIpc) is 3.02. The maximum absolute atomic E-state index is 11.4. The highest BCUT2D eigenvalue weighted by atomic mass is 32.2. The van der Waals surface area contributed by atoms with Crippen molar-refractivity contribution in [2.75, 3.05) is 6.61 Å². The Morgan fingerprint density at radius 1 is 1.11 bits per heavy atom. The molecule has 0 amide bonds. The lowest BCUT2D eigenvalue weighted by Gasteiger charge is -2.17. The van der Waals surface area contributed by atoms with Crippen LogP contribution in [0.1, 0.15) is 50.3 Å². The molecule has 2 heterocycles. The summed E-state index contributed by atoms with van der Waals surface area (Å²) in [6, 6.07) is 0. The lowest BCUT2D eigenvalue weighted by Crippen LogP contribution is -2.09. The van der Waals surface area contributed by atoms with E-state index < -0.39 is 0 Å². The second-order valence-corrected chi connectivity index (χ2v) is 5.96. The number of carbonyl (C=O) groups is 1. The molecule has 18 heavy (non-hydrogen) atoms. The van der Waals surface area contributed by atoms with Crippen molar-refractivity contribution in [3.63, 3.8) is 0 Å². The fraction of sp³-hybridized carbons (Fsp3) is 0.750. The van der Waals surface area contributed by atoms with E-state index in [-0.39, 0.29) is 11.2 Å². The maximum atomic E-state index is 11.4. The van der Waals surface area contributed by atoms with Crippen LogP contribution in [0.3, 0.4) is 0 Å². The highest BCUT2D eigenvalue weighted by Crippen LogP contribution is 2.34. The highest BCUT2D eigenvalue weighted by Gasteiger charge is 2.30. The van der Waals surface area contributed by atoms with Crippen molar-refractivity contribution in [3.8, 4) is 0 Å². The summed E-state index contributed by atoms with van der Waals surface area (Å²) in [6.07, 6.45) is 6.79. The van der Waals surface area contributed by atoms with Crippen LogP contribution in [0.25, 0.3) is 0 Å². The molecule has 0 bridgehead atoms. The molecule has 2 fully saturated rings. The lowest BCUT2D eigenvalue weighted by molar-refractivity contribution is -0.137. The Morgan fingerprint density at radius 3 is 2.67 bits per heavy atom. The van der Waals surface area contributed by atoms with Crippen molar-refractivity contribution in [2.45, 2.75) is 54.9 Å². The van der Waals surface area contributed by atoms with Gasteiger partial charge in [-0.15, -0.1) is 10.2 Å². The summed E-state index contributed by atoms with van der Waals surface area (Å²) in [7, 11) is 0. The first-order chi connectivity index (χ1) is 8.83. The van der Waals surface area contributed by atoms with E-state index in [9.17, 15) is 4.79 Å². The van der Waals surface area contributed by atoms with E-state index in [0.717, 1.165) is 25.2 Å². The molecule has 1 saturated heterocycles. The summed E-state index contributed by atoms with van der Waals surface area (Å²) in [5.41, 5.74) is 0. The lowest BCUT2D eigenvalue weighted by atomic mass is 9.89. The zero-order valence-electron chi connectivity index (χ0n) is 10.1.